The monoisotopic (exact) mass is 440 g/mol. The van der Waals surface area contributed by atoms with Crippen LogP contribution in [0.5, 0.6) is 0 Å². The van der Waals surface area contributed by atoms with Crippen molar-refractivity contribution >= 4 is 46.3 Å². The fraction of sp³-hybridized carbons (Fsp3) is 0.0952. The van der Waals surface area contributed by atoms with E-state index >= 15 is 0 Å². The zero-order valence-electron chi connectivity index (χ0n) is 15.5. The molecule has 4 aromatic rings. The van der Waals surface area contributed by atoms with Gasteiger partial charge in [0.15, 0.2) is 11.0 Å². The lowest BCUT2D eigenvalue weighted by Gasteiger charge is -2.10. The Bertz CT molecular complexity index is 1120. The molecule has 0 aliphatic carbocycles. The number of anilines is 1. The van der Waals surface area contributed by atoms with E-state index in [2.05, 4.69) is 15.5 Å². The maximum absolute atomic E-state index is 12.4. The summed E-state index contributed by atoms with van der Waals surface area (Å²) in [6.07, 6.45) is 0. The number of aromatic nitrogens is 3. The van der Waals surface area contributed by atoms with Gasteiger partial charge in [0, 0.05) is 16.4 Å². The van der Waals surface area contributed by atoms with E-state index in [9.17, 15) is 4.79 Å². The number of aryl methyl sites for hydroxylation is 1. The first-order valence-corrected chi connectivity index (χ1v) is 11.1. The molecule has 0 bridgehead atoms. The topological polar surface area (TPSA) is 59.8 Å². The molecule has 0 radical (unpaired) electrons. The summed E-state index contributed by atoms with van der Waals surface area (Å²) in [5.41, 5.74) is 2.80. The molecule has 0 saturated heterocycles. The Kier molecular flexibility index (Phi) is 5.99. The van der Waals surface area contributed by atoms with Crippen LogP contribution in [0.4, 0.5) is 5.69 Å². The first-order chi connectivity index (χ1) is 14.1. The van der Waals surface area contributed by atoms with Crippen molar-refractivity contribution in [1.82, 2.24) is 14.8 Å². The van der Waals surface area contributed by atoms with E-state index in [1.54, 1.807) is 35.6 Å². The Morgan fingerprint density at radius 3 is 2.69 bits per heavy atom. The maximum Gasteiger partial charge on any atom is 0.234 e. The molecule has 0 spiro atoms. The summed E-state index contributed by atoms with van der Waals surface area (Å²) in [6.45, 7) is 2.05. The zero-order chi connectivity index (χ0) is 20.2. The second-order valence-electron chi connectivity index (χ2n) is 6.30. The molecule has 5 nitrogen and oxygen atoms in total. The Morgan fingerprint density at radius 2 is 1.97 bits per heavy atom. The van der Waals surface area contributed by atoms with E-state index in [0.717, 1.165) is 16.4 Å². The number of rotatable bonds is 6. The fourth-order valence-electron chi connectivity index (χ4n) is 2.75. The van der Waals surface area contributed by atoms with Crippen LogP contribution in [-0.4, -0.2) is 26.4 Å². The summed E-state index contributed by atoms with van der Waals surface area (Å²) in [4.78, 5) is 13.4. The highest BCUT2D eigenvalue weighted by molar-refractivity contribution is 7.99. The fourth-order valence-corrected chi connectivity index (χ4v) is 4.39. The molecule has 4 rings (SSSR count). The van der Waals surface area contributed by atoms with Crippen LogP contribution in [0.2, 0.25) is 5.02 Å². The lowest BCUT2D eigenvalue weighted by molar-refractivity contribution is -0.113. The lowest BCUT2D eigenvalue weighted by Crippen LogP contribution is -2.14. The van der Waals surface area contributed by atoms with Crippen LogP contribution in [0.25, 0.3) is 16.4 Å². The molecule has 2 aromatic carbocycles. The van der Waals surface area contributed by atoms with Gasteiger partial charge < -0.3 is 5.32 Å². The van der Waals surface area contributed by atoms with Crippen LogP contribution in [0.1, 0.15) is 5.56 Å². The van der Waals surface area contributed by atoms with Gasteiger partial charge in [-0.25, -0.2) is 0 Å². The number of hydrogen-bond donors (Lipinski definition) is 1. The van der Waals surface area contributed by atoms with Crippen molar-refractivity contribution in [2.75, 3.05) is 11.1 Å². The number of benzene rings is 2. The van der Waals surface area contributed by atoms with E-state index in [-0.39, 0.29) is 11.7 Å². The van der Waals surface area contributed by atoms with E-state index in [1.165, 1.54) is 17.3 Å². The van der Waals surface area contributed by atoms with Gasteiger partial charge >= 0.3 is 0 Å². The van der Waals surface area contributed by atoms with Gasteiger partial charge in [0.05, 0.1) is 10.6 Å². The standard InChI is InChI=1S/C21H17ClN4OS2/c1-14-7-9-17(10-8-14)26-20(18-6-3-11-28-18)24-25-21(26)29-13-19(27)23-16-5-2-4-15(22)12-16/h2-12H,13H2,1H3,(H,23,27). The highest BCUT2D eigenvalue weighted by Gasteiger charge is 2.18. The van der Waals surface area contributed by atoms with Gasteiger partial charge in [0.2, 0.25) is 5.91 Å². The molecule has 8 heteroatoms. The number of thioether (sulfide) groups is 1. The molecule has 1 amide bonds. The summed E-state index contributed by atoms with van der Waals surface area (Å²) in [6, 6.07) is 19.2. The lowest BCUT2D eigenvalue weighted by atomic mass is 10.2. The van der Waals surface area contributed by atoms with E-state index in [4.69, 9.17) is 11.6 Å². The summed E-state index contributed by atoms with van der Waals surface area (Å²) in [5.74, 6) is 0.844. The van der Waals surface area contributed by atoms with Crippen molar-refractivity contribution in [3.8, 4) is 16.4 Å². The van der Waals surface area contributed by atoms with Gasteiger partial charge in [-0.3, -0.25) is 9.36 Å². The molecule has 2 aromatic heterocycles. The summed E-state index contributed by atoms with van der Waals surface area (Å²) in [5, 5.41) is 14.8. The second kappa shape index (κ2) is 8.82. The minimum atomic E-state index is -0.131. The number of carbonyl (C=O) groups excluding carboxylic acids is 1. The van der Waals surface area contributed by atoms with Crippen LogP contribution >= 0.6 is 34.7 Å². The quantitative estimate of drug-likeness (QED) is 0.391. The van der Waals surface area contributed by atoms with Crippen LogP contribution in [0.15, 0.2) is 71.2 Å². The number of nitrogens with zero attached hydrogens (tertiary/aromatic N) is 3. The van der Waals surface area contributed by atoms with Crippen molar-refractivity contribution in [3.05, 3.63) is 76.6 Å². The van der Waals surface area contributed by atoms with Crippen molar-refractivity contribution in [2.24, 2.45) is 0 Å². The Morgan fingerprint density at radius 1 is 1.14 bits per heavy atom. The van der Waals surface area contributed by atoms with Crippen molar-refractivity contribution in [2.45, 2.75) is 12.1 Å². The largest absolute Gasteiger partial charge is 0.325 e. The smallest absolute Gasteiger partial charge is 0.234 e. The summed E-state index contributed by atoms with van der Waals surface area (Å²) >= 11 is 8.92. The third-order valence-electron chi connectivity index (χ3n) is 4.11. The van der Waals surface area contributed by atoms with Crippen LogP contribution in [-0.2, 0) is 4.79 Å². The van der Waals surface area contributed by atoms with Crippen molar-refractivity contribution in [1.29, 1.82) is 0 Å². The molecular weight excluding hydrogens is 424 g/mol. The molecule has 2 heterocycles. The average Bonchev–Trinajstić information content (AvgIpc) is 3.37. The minimum Gasteiger partial charge on any atom is -0.325 e. The third kappa shape index (κ3) is 4.70. The number of nitrogens with one attached hydrogen (secondary N) is 1. The van der Waals surface area contributed by atoms with Crippen LogP contribution in [0, 0.1) is 6.92 Å². The Labute approximate surface area is 181 Å². The molecule has 0 unspecified atom stereocenters. The van der Waals surface area contributed by atoms with Crippen LogP contribution in [0.3, 0.4) is 0 Å². The predicted molar refractivity (Wildman–Crippen MR) is 120 cm³/mol. The number of halogens is 1. The first kappa shape index (κ1) is 19.7. The predicted octanol–water partition coefficient (Wildman–Crippen LogP) is 5.69. The molecule has 0 fully saturated rings. The normalized spacial score (nSPS) is 10.8. The van der Waals surface area contributed by atoms with Gasteiger partial charge in [0.1, 0.15) is 0 Å². The third-order valence-corrected chi connectivity index (χ3v) is 6.14. The minimum absolute atomic E-state index is 0.131. The van der Waals surface area contributed by atoms with Gasteiger partial charge in [-0.1, -0.05) is 53.2 Å². The van der Waals surface area contributed by atoms with Gasteiger partial charge in [-0.15, -0.1) is 21.5 Å². The molecule has 0 atom stereocenters. The van der Waals surface area contributed by atoms with Crippen molar-refractivity contribution < 1.29 is 4.79 Å². The van der Waals surface area contributed by atoms with Gasteiger partial charge in [-0.05, 0) is 48.7 Å². The van der Waals surface area contributed by atoms with E-state index < -0.39 is 0 Å². The molecule has 146 valence electrons. The maximum atomic E-state index is 12.4. The SMILES string of the molecule is Cc1ccc(-n2c(SCC(=O)Nc3cccc(Cl)c3)nnc2-c2cccs2)cc1. The highest BCUT2D eigenvalue weighted by Crippen LogP contribution is 2.30. The number of hydrogen-bond acceptors (Lipinski definition) is 5. The number of amides is 1. The molecule has 0 aliphatic rings. The van der Waals surface area contributed by atoms with Crippen LogP contribution < -0.4 is 5.32 Å². The zero-order valence-corrected chi connectivity index (χ0v) is 17.9. The van der Waals surface area contributed by atoms with E-state index in [0.29, 0.717) is 15.9 Å². The van der Waals surface area contributed by atoms with Gasteiger partial charge in [-0.2, -0.15) is 0 Å². The first-order valence-electron chi connectivity index (χ1n) is 8.85. The Balaban J connectivity index is 1.57. The summed E-state index contributed by atoms with van der Waals surface area (Å²) in [7, 11) is 0. The van der Waals surface area contributed by atoms with Gasteiger partial charge in [0.25, 0.3) is 0 Å². The number of thiophene rings is 1. The average molecular weight is 441 g/mol. The number of carbonyl (C=O) groups is 1. The van der Waals surface area contributed by atoms with Crippen molar-refractivity contribution in [3.63, 3.8) is 0 Å². The molecule has 0 aliphatic heterocycles. The molecule has 0 saturated carbocycles. The molecule has 1 N–H and O–H groups in total. The van der Waals surface area contributed by atoms with E-state index in [1.807, 2.05) is 53.3 Å². The second-order valence-corrected chi connectivity index (χ2v) is 8.63. The molecular formula is C21H17ClN4OS2. The Hall–Kier alpha value is -2.61. The summed E-state index contributed by atoms with van der Waals surface area (Å²) < 4.78 is 1.99. The highest BCUT2D eigenvalue weighted by atomic mass is 35.5. The molecule has 29 heavy (non-hydrogen) atoms.